The topological polar surface area (TPSA) is 52.7 Å². The van der Waals surface area contributed by atoms with E-state index < -0.39 is 10.2 Å². The molecule has 6 heteroatoms. The molecule has 116 valence electrons. The Labute approximate surface area is 127 Å². The van der Waals surface area contributed by atoms with Crippen LogP contribution in [0.3, 0.4) is 0 Å². The van der Waals surface area contributed by atoms with Gasteiger partial charge in [-0.1, -0.05) is 18.2 Å². The summed E-state index contributed by atoms with van der Waals surface area (Å²) in [5.74, 6) is 0. The lowest BCUT2D eigenvalue weighted by Gasteiger charge is -2.26. The zero-order valence-corrected chi connectivity index (χ0v) is 13.3. The van der Waals surface area contributed by atoms with Crippen LogP contribution in [0.4, 0.5) is 5.69 Å². The van der Waals surface area contributed by atoms with Crippen molar-refractivity contribution in [2.24, 2.45) is 0 Å². The third kappa shape index (κ3) is 3.22. The van der Waals surface area contributed by atoms with Gasteiger partial charge in [0, 0.05) is 26.2 Å². The van der Waals surface area contributed by atoms with E-state index in [2.05, 4.69) is 5.32 Å². The van der Waals surface area contributed by atoms with E-state index >= 15 is 0 Å². The SMILES string of the molecule is CN(CCCNC1CC1)S(=O)(=O)N1CCc2ccccc21. The first-order valence-electron chi connectivity index (χ1n) is 7.64. The van der Waals surface area contributed by atoms with Gasteiger partial charge in [-0.3, -0.25) is 4.31 Å². The maximum absolute atomic E-state index is 12.7. The minimum Gasteiger partial charge on any atom is -0.314 e. The standard InChI is InChI=1S/C15H23N3O2S/c1-17(11-4-10-16-14-7-8-14)21(19,20)18-12-9-13-5-2-3-6-15(13)18/h2-3,5-6,14,16H,4,7-12H2,1H3. The summed E-state index contributed by atoms with van der Waals surface area (Å²) in [6.07, 6.45) is 4.17. The van der Waals surface area contributed by atoms with Gasteiger partial charge in [-0.15, -0.1) is 0 Å². The van der Waals surface area contributed by atoms with Crippen molar-refractivity contribution in [1.82, 2.24) is 9.62 Å². The summed E-state index contributed by atoms with van der Waals surface area (Å²) < 4.78 is 28.3. The molecule has 1 aliphatic heterocycles. The monoisotopic (exact) mass is 309 g/mol. The average Bonchev–Trinajstić information content (AvgIpc) is 3.19. The van der Waals surface area contributed by atoms with Crippen molar-refractivity contribution < 1.29 is 8.42 Å². The van der Waals surface area contributed by atoms with Crippen LogP contribution in [0.1, 0.15) is 24.8 Å². The molecule has 0 bridgehead atoms. The van der Waals surface area contributed by atoms with Crippen LogP contribution < -0.4 is 9.62 Å². The van der Waals surface area contributed by atoms with E-state index in [0.717, 1.165) is 30.6 Å². The summed E-state index contributed by atoms with van der Waals surface area (Å²) in [5.41, 5.74) is 1.95. The molecule has 1 fully saturated rings. The van der Waals surface area contributed by atoms with Gasteiger partial charge >= 0.3 is 10.2 Å². The largest absolute Gasteiger partial charge is 0.314 e. The molecular weight excluding hydrogens is 286 g/mol. The van der Waals surface area contributed by atoms with Crippen LogP contribution in [-0.4, -0.2) is 45.4 Å². The van der Waals surface area contributed by atoms with Gasteiger partial charge in [0.1, 0.15) is 0 Å². The first-order valence-corrected chi connectivity index (χ1v) is 9.04. The molecule has 1 N–H and O–H groups in total. The summed E-state index contributed by atoms with van der Waals surface area (Å²) >= 11 is 0. The second-order valence-electron chi connectivity index (χ2n) is 5.86. The molecular formula is C15H23N3O2S. The molecule has 0 spiro atoms. The molecule has 1 aromatic rings. The molecule has 3 rings (SSSR count). The van der Waals surface area contributed by atoms with Crippen LogP contribution in [0.5, 0.6) is 0 Å². The Bertz CT molecular complexity index is 599. The fourth-order valence-electron chi connectivity index (χ4n) is 2.73. The highest BCUT2D eigenvalue weighted by Gasteiger charge is 2.32. The van der Waals surface area contributed by atoms with Crippen LogP contribution in [-0.2, 0) is 16.6 Å². The van der Waals surface area contributed by atoms with E-state index in [-0.39, 0.29) is 0 Å². The number of benzene rings is 1. The minimum atomic E-state index is -3.40. The van der Waals surface area contributed by atoms with Crippen LogP contribution in [0.15, 0.2) is 24.3 Å². The average molecular weight is 309 g/mol. The molecule has 5 nitrogen and oxygen atoms in total. The quantitative estimate of drug-likeness (QED) is 0.774. The highest BCUT2D eigenvalue weighted by molar-refractivity contribution is 7.90. The van der Waals surface area contributed by atoms with Gasteiger partial charge < -0.3 is 5.32 Å². The smallest absolute Gasteiger partial charge is 0.303 e. The number of nitrogens with zero attached hydrogens (tertiary/aromatic N) is 2. The van der Waals surface area contributed by atoms with Crippen molar-refractivity contribution in [2.75, 3.05) is 31.0 Å². The maximum Gasteiger partial charge on any atom is 0.303 e. The number of fused-ring (bicyclic) bond motifs is 1. The summed E-state index contributed by atoms with van der Waals surface area (Å²) in [6, 6.07) is 8.43. The lowest BCUT2D eigenvalue weighted by Crippen LogP contribution is -2.42. The van der Waals surface area contributed by atoms with Gasteiger partial charge in [0.15, 0.2) is 0 Å². The second kappa shape index (κ2) is 5.94. The molecule has 0 atom stereocenters. The lowest BCUT2D eigenvalue weighted by atomic mass is 10.2. The van der Waals surface area contributed by atoms with Crippen LogP contribution in [0.25, 0.3) is 0 Å². The molecule has 0 aromatic heterocycles. The first kappa shape index (κ1) is 14.8. The van der Waals surface area contributed by atoms with Crippen molar-refractivity contribution >= 4 is 15.9 Å². The van der Waals surface area contributed by atoms with Crippen LogP contribution >= 0.6 is 0 Å². The fraction of sp³-hybridized carbons (Fsp3) is 0.600. The zero-order chi connectivity index (χ0) is 14.9. The number of hydrogen-bond donors (Lipinski definition) is 1. The molecule has 0 saturated heterocycles. The van der Waals surface area contributed by atoms with Crippen LogP contribution in [0, 0.1) is 0 Å². The van der Waals surface area contributed by atoms with Crippen LogP contribution in [0.2, 0.25) is 0 Å². The fourth-order valence-corrected chi connectivity index (χ4v) is 4.17. The molecule has 0 radical (unpaired) electrons. The summed E-state index contributed by atoms with van der Waals surface area (Å²) in [6.45, 7) is 1.99. The molecule has 1 heterocycles. The molecule has 2 aliphatic rings. The molecule has 1 aromatic carbocycles. The van der Waals surface area contributed by atoms with Gasteiger partial charge in [-0.2, -0.15) is 12.7 Å². The van der Waals surface area contributed by atoms with E-state index in [4.69, 9.17) is 0 Å². The summed E-state index contributed by atoms with van der Waals surface area (Å²) in [4.78, 5) is 0. The minimum absolute atomic E-state index is 0.548. The number of para-hydroxylation sites is 1. The lowest BCUT2D eigenvalue weighted by molar-refractivity contribution is 0.451. The first-order chi connectivity index (χ1) is 10.1. The zero-order valence-electron chi connectivity index (χ0n) is 12.5. The maximum atomic E-state index is 12.7. The van der Waals surface area contributed by atoms with Gasteiger partial charge in [0.2, 0.25) is 0 Å². The van der Waals surface area contributed by atoms with Crippen molar-refractivity contribution in [3.05, 3.63) is 29.8 Å². The number of rotatable bonds is 7. The Morgan fingerprint density at radius 3 is 2.86 bits per heavy atom. The van der Waals surface area contributed by atoms with E-state index in [9.17, 15) is 8.42 Å². The van der Waals surface area contributed by atoms with Gasteiger partial charge in [0.05, 0.1) is 5.69 Å². The highest BCUT2D eigenvalue weighted by atomic mass is 32.2. The summed E-state index contributed by atoms with van der Waals surface area (Å²) in [5, 5.41) is 3.41. The second-order valence-corrected chi connectivity index (χ2v) is 7.82. The number of nitrogens with one attached hydrogen (secondary N) is 1. The van der Waals surface area contributed by atoms with Gasteiger partial charge in [0.25, 0.3) is 0 Å². The normalized spacial score (nSPS) is 18.3. The van der Waals surface area contributed by atoms with E-state index in [1.54, 1.807) is 7.05 Å². The Morgan fingerprint density at radius 1 is 1.33 bits per heavy atom. The predicted molar refractivity (Wildman–Crippen MR) is 84.7 cm³/mol. The van der Waals surface area contributed by atoms with Gasteiger partial charge in [-0.05, 0) is 43.9 Å². The highest BCUT2D eigenvalue weighted by Crippen LogP contribution is 2.30. The van der Waals surface area contributed by atoms with E-state index in [0.29, 0.717) is 19.1 Å². The third-order valence-electron chi connectivity index (χ3n) is 4.18. The Hall–Kier alpha value is -1.11. The molecule has 0 unspecified atom stereocenters. The van der Waals surface area contributed by atoms with Crippen molar-refractivity contribution in [2.45, 2.75) is 31.7 Å². The number of anilines is 1. The molecule has 1 saturated carbocycles. The Balaban J connectivity index is 1.60. The van der Waals surface area contributed by atoms with Crippen molar-refractivity contribution in [3.8, 4) is 0 Å². The number of hydrogen-bond acceptors (Lipinski definition) is 3. The van der Waals surface area contributed by atoms with E-state index in [1.165, 1.54) is 21.5 Å². The molecule has 1 aliphatic carbocycles. The van der Waals surface area contributed by atoms with E-state index in [1.807, 2.05) is 24.3 Å². The van der Waals surface area contributed by atoms with Crippen molar-refractivity contribution in [1.29, 1.82) is 0 Å². The predicted octanol–water partition coefficient (Wildman–Crippen LogP) is 1.37. The Kier molecular flexibility index (Phi) is 4.19. The van der Waals surface area contributed by atoms with Crippen molar-refractivity contribution in [3.63, 3.8) is 0 Å². The third-order valence-corrected chi connectivity index (χ3v) is 6.08. The molecule has 21 heavy (non-hydrogen) atoms. The van der Waals surface area contributed by atoms with Gasteiger partial charge in [-0.25, -0.2) is 0 Å². The summed E-state index contributed by atoms with van der Waals surface area (Å²) in [7, 11) is -1.72. The Morgan fingerprint density at radius 2 is 2.10 bits per heavy atom. The molecule has 0 amide bonds.